The summed E-state index contributed by atoms with van der Waals surface area (Å²) in [4.78, 5) is 9.51. The highest BCUT2D eigenvalue weighted by molar-refractivity contribution is 5.26. The first-order valence-corrected chi connectivity index (χ1v) is 7.39. The van der Waals surface area contributed by atoms with Gasteiger partial charge in [-0.05, 0) is 39.7 Å². The molecule has 2 aliphatic heterocycles. The van der Waals surface area contributed by atoms with Crippen LogP contribution in [0.3, 0.4) is 0 Å². The lowest BCUT2D eigenvalue weighted by atomic mass is 9.88. The second-order valence-electron chi connectivity index (χ2n) is 5.73. The number of hydrogen-bond donors (Lipinski definition) is 1. The highest BCUT2D eigenvalue weighted by Crippen LogP contribution is 2.43. The van der Waals surface area contributed by atoms with Crippen LogP contribution in [0.4, 0.5) is 0 Å². The van der Waals surface area contributed by atoms with Crippen molar-refractivity contribution < 1.29 is 4.74 Å². The van der Waals surface area contributed by atoms with Crippen LogP contribution in [0.15, 0.2) is 0 Å². The fourth-order valence-electron chi connectivity index (χ4n) is 3.35. The molecule has 3 atom stereocenters. The van der Waals surface area contributed by atoms with Gasteiger partial charge in [-0.15, -0.1) is 0 Å². The Morgan fingerprint density at radius 1 is 1.21 bits per heavy atom. The lowest BCUT2D eigenvalue weighted by Gasteiger charge is -2.19. The molecule has 0 saturated carbocycles. The van der Waals surface area contributed by atoms with E-state index in [2.05, 4.69) is 26.1 Å². The SMILES string of the molecule is CCNCc1c(C)nc(C2CC3CCC2O3)nc1C. The van der Waals surface area contributed by atoms with Crippen molar-refractivity contribution in [2.75, 3.05) is 6.54 Å². The van der Waals surface area contributed by atoms with Gasteiger partial charge >= 0.3 is 0 Å². The average molecular weight is 261 g/mol. The van der Waals surface area contributed by atoms with Crippen molar-refractivity contribution >= 4 is 0 Å². The molecular weight excluding hydrogens is 238 g/mol. The zero-order valence-electron chi connectivity index (χ0n) is 12.1. The zero-order valence-corrected chi connectivity index (χ0v) is 12.1. The van der Waals surface area contributed by atoms with Crippen molar-refractivity contribution in [3.05, 3.63) is 22.8 Å². The fraction of sp³-hybridized carbons (Fsp3) is 0.733. The van der Waals surface area contributed by atoms with Crippen LogP contribution in [0.1, 0.15) is 54.9 Å². The van der Waals surface area contributed by atoms with Crippen molar-refractivity contribution in [2.45, 2.75) is 64.7 Å². The van der Waals surface area contributed by atoms with E-state index in [4.69, 9.17) is 14.7 Å². The zero-order chi connectivity index (χ0) is 13.4. The van der Waals surface area contributed by atoms with E-state index >= 15 is 0 Å². The molecule has 0 spiro atoms. The lowest BCUT2D eigenvalue weighted by molar-refractivity contribution is 0.0998. The standard InChI is InChI=1S/C15H23N3O/c1-4-16-8-13-9(2)17-15(18-10(13)3)12-7-11-5-6-14(12)19-11/h11-12,14,16H,4-8H2,1-3H3. The van der Waals surface area contributed by atoms with Gasteiger partial charge in [0.15, 0.2) is 0 Å². The third-order valence-corrected chi connectivity index (χ3v) is 4.43. The van der Waals surface area contributed by atoms with Crippen LogP contribution in [-0.4, -0.2) is 28.7 Å². The number of nitrogens with one attached hydrogen (secondary N) is 1. The summed E-state index contributed by atoms with van der Waals surface area (Å²) in [6.45, 7) is 8.15. The summed E-state index contributed by atoms with van der Waals surface area (Å²) in [6, 6.07) is 0. The van der Waals surface area contributed by atoms with Gasteiger partial charge in [0, 0.05) is 29.4 Å². The van der Waals surface area contributed by atoms with E-state index in [1.807, 2.05) is 0 Å². The first-order valence-electron chi connectivity index (χ1n) is 7.39. The third-order valence-electron chi connectivity index (χ3n) is 4.43. The Kier molecular flexibility index (Phi) is 3.54. The fourth-order valence-corrected chi connectivity index (χ4v) is 3.35. The molecule has 4 nitrogen and oxygen atoms in total. The van der Waals surface area contributed by atoms with Gasteiger partial charge in [0.05, 0.1) is 12.2 Å². The van der Waals surface area contributed by atoms with E-state index < -0.39 is 0 Å². The van der Waals surface area contributed by atoms with E-state index in [9.17, 15) is 0 Å². The van der Waals surface area contributed by atoms with E-state index in [1.165, 1.54) is 18.4 Å². The van der Waals surface area contributed by atoms with E-state index in [0.717, 1.165) is 36.7 Å². The Hall–Kier alpha value is -1.00. The largest absolute Gasteiger partial charge is 0.374 e. The number of ether oxygens (including phenoxy) is 1. The van der Waals surface area contributed by atoms with Crippen LogP contribution >= 0.6 is 0 Å². The molecular formula is C15H23N3O. The second kappa shape index (κ2) is 5.17. The Labute approximate surface area is 115 Å². The van der Waals surface area contributed by atoms with Crippen LogP contribution in [0.2, 0.25) is 0 Å². The van der Waals surface area contributed by atoms with Gasteiger partial charge in [0.25, 0.3) is 0 Å². The molecule has 104 valence electrons. The van der Waals surface area contributed by atoms with E-state index in [-0.39, 0.29) is 0 Å². The van der Waals surface area contributed by atoms with Gasteiger partial charge in [-0.25, -0.2) is 9.97 Å². The smallest absolute Gasteiger partial charge is 0.134 e. The maximum absolute atomic E-state index is 5.92. The maximum atomic E-state index is 5.92. The molecule has 3 unspecified atom stereocenters. The van der Waals surface area contributed by atoms with Crippen LogP contribution < -0.4 is 5.32 Å². The third kappa shape index (κ3) is 2.39. The maximum Gasteiger partial charge on any atom is 0.134 e. The Morgan fingerprint density at radius 2 is 1.95 bits per heavy atom. The molecule has 0 aromatic carbocycles. The molecule has 2 bridgehead atoms. The molecule has 19 heavy (non-hydrogen) atoms. The predicted molar refractivity (Wildman–Crippen MR) is 74.1 cm³/mol. The van der Waals surface area contributed by atoms with Gasteiger partial charge in [-0.3, -0.25) is 0 Å². The van der Waals surface area contributed by atoms with Crippen molar-refractivity contribution in [1.82, 2.24) is 15.3 Å². The number of aryl methyl sites for hydroxylation is 2. The van der Waals surface area contributed by atoms with Crippen LogP contribution in [-0.2, 0) is 11.3 Å². The minimum atomic E-state index is 0.364. The average Bonchev–Trinajstić information content (AvgIpc) is 3.00. The first kappa shape index (κ1) is 13.0. The number of hydrogen-bond acceptors (Lipinski definition) is 4. The number of nitrogens with zero attached hydrogens (tertiary/aromatic N) is 2. The Morgan fingerprint density at radius 3 is 2.47 bits per heavy atom. The lowest BCUT2D eigenvalue weighted by Crippen LogP contribution is -2.20. The summed E-state index contributed by atoms with van der Waals surface area (Å²) in [5.41, 5.74) is 3.48. The molecule has 2 aliphatic rings. The summed E-state index contributed by atoms with van der Waals surface area (Å²) < 4.78 is 5.92. The minimum absolute atomic E-state index is 0.364. The molecule has 0 aliphatic carbocycles. The Bertz CT molecular complexity index is 451. The summed E-state index contributed by atoms with van der Waals surface area (Å²) in [5, 5.41) is 3.36. The second-order valence-corrected chi connectivity index (χ2v) is 5.73. The van der Waals surface area contributed by atoms with Gasteiger partial charge in [0.2, 0.25) is 0 Å². The molecule has 3 rings (SSSR count). The molecule has 4 heteroatoms. The van der Waals surface area contributed by atoms with Crippen LogP contribution in [0.25, 0.3) is 0 Å². The molecule has 0 radical (unpaired) electrons. The van der Waals surface area contributed by atoms with Gasteiger partial charge in [0.1, 0.15) is 5.82 Å². The van der Waals surface area contributed by atoms with Gasteiger partial charge < -0.3 is 10.1 Å². The van der Waals surface area contributed by atoms with Crippen molar-refractivity contribution in [3.63, 3.8) is 0 Å². The summed E-state index contributed by atoms with van der Waals surface area (Å²) >= 11 is 0. The predicted octanol–water partition coefficient (Wildman–Crippen LogP) is 2.24. The highest BCUT2D eigenvalue weighted by Gasteiger charge is 2.43. The highest BCUT2D eigenvalue weighted by atomic mass is 16.5. The Balaban J connectivity index is 1.84. The normalized spacial score (nSPS) is 29.1. The number of aromatic nitrogens is 2. The van der Waals surface area contributed by atoms with E-state index in [0.29, 0.717) is 18.1 Å². The molecule has 1 aromatic heterocycles. The first-order chi connectivity index (χ1) is 9.19. The molecule has 3 heterocycles. The molecule has 2 saturated heterocycles. The summed E-state index contributed by atoms with van der Waals surface area (Å²) in [7, 11) is 0. The number of rotatable bonds is 4. The number of fused-ring (bicyclic) bond motifs is 2. The summed E-state index contributed by atoms with van der Waals surface area (Å²) in [5.74, 6) is 1.42. The molecule has 1 aromatic rings. The monoisotopic (exact) mass is 261 g/mol. The minimum Gasteiger partial charge on any atom is -0.374 e. The van der Waals surface area contributed by atoms with Crippen LogP contribution in [0.5, 0.6) is 0 Å². The van der Waals surface area contributed by atoms with Crippen molar-refractivity contribution in [3.8, 4) is 0 Å². The van der Waals surface area contributed by atoms with Crippen molar-refractivity contribution in [2.24, 2.45) is 0 Å². The van der Waals surface area contributed by atoms with Crippen LogP contribution in [0, 0.1) is 13.8 Å². The summed E-state index contributed by atoms with van der Waals surface area (Å²) in [6.07, 6.45) is 4.33. The molecule has 1 N–H and O–H groups in total. The molecule has 2 fully saturated rings. The van der Waals surface area contributed by atoms with E-state index in [1.54, 1.807) is 0 Å². The van der Waals surface area contributed by atoms with Crippen molar-refractivity contribution in [1.29, 1.82) is 0 Å². The topological polar surface area (TPSA) is 47.0 Å². The quantitative estimate of drug-likeness (QED) is 0.903. The van der Waals surface area contributed by atoms with Gasteiger partial charge in [-0.2, -0.15) is 0 Å². The van der Waals surface area contributed by atoms with Gasteiger partial charge in [-0.1, -0.05) is 6.92 Å². The molecule has 0 amide bonds.